The zero-order chi connectivity index (χ0) is 16.1. The summed E-state index contributed by atoms with van der Waals surface area (Å²) in [5, 5.41) is 11.7. The van der Waals surface area contributed by atoms with Crippen molar-refractivity contribution in [3.05, 3.63) is 48.9 Å². The third kappa shape index (κ3) is 3.59. The summed E-state index contributed by atoms with van der Waals surface area (Å²) < 4.78 is 1.67. The molecule has 1 aromatic heterocycles. The van der Waals surface area contributed by atoms with Gasteiger partial charge in [0.05, 0.1) is 5.52 Å². The normalized spacial score (nSPS) is 17.0. The number of nitrogens with two attached hydrogens (primary N) is 1. The van der Waals surface area contributed by atoms with Crippen molar-refractivity contribution in [2.75, 3.05) is 0 Å². The Kier molecular flexibility index (Phi) is 4.71. The van der Waals surface area contributed by atoms with E-state index in [2.05, 4.69) is 27.2 Å². The number of nitrogens with zero attached hydrogens (tertiary/aromatic N) is 4. The van der Waals surface area contributed by atoms with Gasteiger partial charge in [-0.25, -0.2) is 4.99 Å². The first-order valence-corrected chi connectivity index (χ1v) is 8.01. The molecular weight excluding hydrogens is 288 g/mol. The summed E-state index contributed by atoms with van der Waals surface area (Å²) in [5.41, 5.74) is 7.27. The van der Waals surface area contributed by atoms with Gasteiger partial charge < -0.3 is 11.1 Å². The average Bonchev–Trinajstić information content (AvgIpc) is 2.99. The highest BCUT2D eigenvalue weighted by Gasteiger charge is 2.14. The Morgan fingerprint density at radius 2 is 2.09 bits per heavy atom. The number of aliphatic imine (C=N–C) groups is 1. The van der Waals surface area contributed by atoms with Crippen molar-refractivity contribution in [3.63, 3.8) is 0 Å². The number of hydrogen-bond acceptors (Lipinski definition) is 5. The first kappa shape index (κ1) is 15.3. The molecule has 0 unspecified atom stereocenters. The van der Waals surface area contributed by atoms with E-state index >= 15 is 0 Å². The predicted molar refractivity (Wildman–Crippen MR) is 92.8 cm³/mol. The molecule has 3 N–H and O–H groups in total. The van der Waals surface area contributed by atoms with Gasteiger partial charge in [-0.15, -0.1) is 5.10 Å². The Morgan fingerprint density at radius 1 is 1.30 bits per heavy atom. The Balaban J connectivity index is 1.84. The standard InChI is InChI=1S/C17H22N6/c1-13(19-14-7-3-2-4-8-14)20-17(11-12-18)23-16-10-6-5-9-15(16)21-22-23/h5-6,9-12,14,19H,1-4,7-8,18H2/b12-11-,20-17+. The van der Waals surface area contributed by atoms with Gasteiger partial charge in [0.15, 0.2) is 5.84 Å². The Morgan fingerprint density at radius 3 is 2.87 bits per heavy atom. The van der Waals surface area contributed by atoms with Crippen LogP contribution in [0.2, 0.25) is 0 Å². The molecule has 23 heavy (non-hydrogen) atoms. The van der Waals surface area contributed by atoms with Crippen molar-refractivity contribution in [1.29, 1.82) is 0 Å². The number of allylic oxidation sites excluding steroid dienone is 1. The maximum atomic E-state index is 5.57. The van der Waals surface area contributed by atoms with Crippen LogP contribution in [0.4, 0.5) is 0 Å². The van der Waals surface area contributed by atoms with Gasteiger partial charge in [0.25, 0.3) is 0 Å². The summed E-state index contributed by atoms with van der Waals surface area (Å²) in [6.45, 7) is 4.03. The lowest BCUT2D eigenvalue weighted by Gasteiger charge is -2.23. The highest BCUT2D eigenvalue weighted by molar-refractivity contribution is 5.99. The summed E-state index contributed by atoms with van der Waals surface area (Å²) in [6, 6.07) is 8.20. The van der Waals surface area contributed by atoms with Crippen LogP contribution in [0.3, 0.4) is 0 Å². The zero-order valence-electron chi connectivity index (χ0n) is 13.2. The molecule has 1 aromatic carbocycles. The van der Waals surface area contributed by atoms with Gasteiger partial charge in [0, 0.05) is 6.04 Å². The minimum absolute atomic E-state index is 0.454. The van der Waals surface area contributed by atoms with Crippen LogP contribution in [-0.2, 0) is 0 Å². The second kappa shape index (κ2) is 7.09. The Hall–Kier alpha value is -2.63. The van der Waals surface area contributed by atoms with Crippen LogP contribution in [0.15, 0.2) is 53.9 Å². The van der Waals surface area contributed by atoms with Crippen molar-refractivity contribution in [2.45, 2.75) is 38.1 Å². The van der Waals surface area contributed by atoms with Gasteiger partial charge in [0.1, 0.15) is 11.3 Å². The van der Waals surface area contributed by atoms with Crippen molar-refractivity contribution in [1.82, 2.24) is 20.3 Å². The highest BCUT2D eigenvalue weighted by atomic mass is 15.4. The molecule has 6 nitrogen and oxygen atoms in total. The molecule has 0 bridgehead atoms. The van der Waals surface area contributed by atoms with Crippen LogP contribution in [-0.4, -0.2) is 26.9 Å². The monoisotopic (exact) mass is 310 g/mol. The minimum Gasteiger partial charge on any atom is -0.404 e. The maximum Gasteiger partial charge on any atom is 0.159 e. The molecule has 2 aromatic rings. The fourth-order valence-corrected chi connectivity index (χ4v) is 2.93. The van der Waals surface area contributed by atoms with Crippen molar-refractivity contribution < 1.29 is 0 Å². The molecule has 0 atom stereocenters. The van der Waals surface area contributed by atoms with E-state index in [-0.39, 0.29) is 0 Å². The minimum atomic E-state index is 0.454. The van der Waals surface area contributed by atoms with Gasteiger partial charge in [-0.05, 0) is 37.3 Å². The Bertz CT molecular complexity index is 736. The summed E-state index contributed by atoms with van der Waals surface area (Å²) >= 11 is 0. The highest BCUT2D eigenvalue weighted by Crippen LogP contribution is 2.18. The molecule has 0 aliphatic heterocycles. The molecule has 120 valence electrons. The van der Waals surface area contributed by atoms with E-state index in [1.807, 2.05) is 24.3 Å². The van der Waals surface area contributed by atoms with Crippen molar-refractivity contribution in [2.24, 2.45) is 10.7 Å². The molecule has 1 heterocycles. The number of para-hydroxylation sites is 1. The van der Waals surface area contributed by atoms with Gasteiger partial charge in [-0.3, -0.25) is 0 Å². The van der Waals surface area contributed by atoms with Crippen LogP contribution in [0.25, 0.3) is 11.0 Å². The molecule has 0 amide bonds. The predicted octanol–water partition coefficient (Wildman–Crippen LogP) is 2.54. The molecule has 3 rings (SSSR count). The van der Waals surface area contributed by atoms with E-state index in [0.717, 1.165) is 11.0 Å². The summed E-state index contributed by atoms with van der Waals surface area (Å²) in [7, 11) is 0. The average molecular weight is 310 g/mol. The van der Waals surface area contributed by atoms with Gasteiger partial charge in [-0.2, -0.15) is 4.68 Å². The summed E-state index contributed by atoms with van der Waals surface area (Å²) in [6.07, 6.45) is 9.33. The lowest BCUT2D eigenvalue weighted by atomic mass is 9.96. The van der Waals surface area contributed by atoms with Gasteiger partial charge in [0.2, 0.25) is 0 Å². The lowest BCUT2D eigenvalue weighted by molar-refractivity contribution is 0.396. The van der Waals surface area contributed by atoms with E-state index < -0.39 is 0 Å². The van der Waals surface area contributed by atoms with Crippen LogP contribution in [0.1, 0.15) is 32.1 Å². The van der Waals surface area contributed by atoms with E-state index in [9.17, 15) is 0 Å². The number of benzene rings is 1. The zero-order valence-corrected chi connectivity index (χ0v) is 13.2. The molecule has 1 saturated carbocycles. The molecule has 1 aliphatic rings. The van der Waals surface area contributed by atoms with E-state index in [1.165, 1.54) is 38.3 Å². The molecule has 0 spiro atoms. The lowest BCUT2D eigenvalue weighted by Crippen LogP contribution is -2.30. The van der Waals surface area contributed by atoms with Crippen LogP contribution >= 0.6 is 0 Å². The molecule has 1 aliphatic carbocycles. The largest absolute Gasteiger partial charge is 0.404 e. The third-order valence-corrected chi connectivity index (χ3v) is 4.04. The maximum absolute atomic E-state index is 5.57. The van der Waals surface area contributed by atoms with Crippen LogP contribution < -0.4 is 11.1 Å². The first-order valence-electron chi connectivity index (χ1n) is 8.01. The van der Waals surface area contributed by atoms with E-state index in [1.54, 1.807) is 10.8 Å². The summed E-state index contributed by atoms with van der Waals surface area (Å²) in [4.78, 5) is 4.56. The second-order valence-electron chi connectivity index (χ2n) is 5.75. The number of nitrogens with one attached hydrogen (secondary N) is 1. The van der Waals surface area contributed by atoms with E-state index in [4.69, 9.17) is 5.73 Å². The fourth-order valence-electron chi connectivity index (χ4n) is 2.93. The van der Waals surface area contributed by atoms with Gasteiger partial charge >= 0.3 is 0 Å². The van der Waals surface area contributed by atoms with Crippen LogP contribution in [0.5, 0.6) is 0 Å². The molecule has 0 radical (unpaired) electrons. The third-order valence-electron chi connectivity index (χ3n) is 4.04. The number of rotatable bonds is 4. The SMILES string of the molecule is C=C(/N=C(\C=C/N)n1nnc2ccccc21)NC1CCCCC1. The molecular formula is C17H22N6. The topological polar surface area (TPSA) is 81.1 Å². The molecule has 1 fully saturated rings. The number of aromatic nitrogens is 3. The van der Waals surface area contributed by atoms with E-state index in [0.29, 0.717) is 17.7 Å². The summed E-state index contributed by atoms with van der Waals surface area (Å²) in [5.74, 6) is 1.22. The Labute approximate surface area is 135 Å². The smallest absolute Gasteiger partial charge is 0.159 e. The number of fused-ring (bicyclic) bond motifs is 1. The molecule has 0 saturated heterocycles. The van der Waals surface area contributed by atoms with Gasteiger partial charge in [-0.1, -0.05) is 43.2 Å². The second-order valence-corrected chi connectivity index (χ2v) is 5.75. The quantitative estimate of drug-likeness (QED) is 0.671. The molecule has 6 heteroatoms. The fraction of sp³-hybridized carbons (Fsp3) is 0.353. The van der Waals surface area contributed by atoms with Crippen LogP contribution in [0, 0.1) is 0 Å². The van der Waals surface area contributed by atoms with Crippen molar-refractivity contribution in [3.8, 4) is 0 Å². The van der Waals surface area contributed by atoms with Crippen molar-refractivity contribution >= 4 is 16.9 Å². The number of hydrogen-bond donors (Lipinski definition) is 2. The first-order chi connectivity index (χ1) is 11.3.